The Morgan fingerprint density at radius 1 is 0.824 bits per heavy atom. The van der Waals surface area contributed by atoms with Crippen LogP contribution >= 0.6 is 0 Å². The number of hydrogen-bond acceptors (Lipinski definition) is 0. The molecule has 0 heteroatoms. The van der Waals surface area contributed by atoms with Crippen LogP contribution in [0.25, 0.3) is 0 Å². The average molecular weight is 226 g/mol. The van der Waals surface area contributed by atoms with Crippen molar-refractivity contribution in [2.75, 3.05) is 0 Å². The number of benzene rings is 1. The molecule has 4 aliphatic rings. The van der Waals surface area contributed by atoms with Crippen molar-refractivity contribution in [2.45, 2.75) is 50.9 Å². The molecule has 4 fully saturated rings. The monoisotopic (exact) mass is 226 g/mol. The first kappa shape index (κ1) is 10.2. The van der Waals surface area contributed by atoms with E-state index in [1.807, 2.05) is 0 Å². The molecule has 1 aromatic carbocycles. The first-order valence-electron chi connectivity index (χ1n) is 7.31. The summed E-state index contributed by atoms with van der Waals surface area (Å²) in [6.07, 6.45) is 9.10. The summed E-state index contributed by atoms with van der Waals surface area (Å²) >= 11 is 0. The van der Waals surface area contributed by atoms with E-state index in [2.05, 4.69) is 31.2 Å². The predicted molar refractivity (Wildman–Crippen MR) is 71.0 cm³/mol. The quantitative estimate of drug-likeness (QED) is 0.663. The molecule has 4 saturated carbocycles. The van der Waals surface area contributed by atoms with Crippen LogP contribution in [0.4, 0.5) is 0 Å². The van der Waals surface area contributed by atoms with Crippen molar-refractivity contribution in [1.82, 2.24) is 0 Å². The summed E-state index contributed by atoms with van der Waals surface area (Å²) in [5, 5.41) is 0. The molecule has 0 N–H and O–H groups in total. The number of rotatable bonds is 1. The van der Waals surface area contributed by atoms with E-state index < -0.39 is 0 Å². The molecule has 0 heterocycles. The largest absolute Gasteiger partial charge is 0.0590 e. The van der Waals surface area contributed by atoms with Crippen molar-refractivity contribution in [3.8, 4) is 0 Å². The van der Waals surface area contributed by atoms with Crippen LogP contribution in [0, 0.1) is 24.7 Å². The average Bonchev–Trinajstić information content (AvgIpc) is 2.27. The maximum Gasteiger partial charge on any atom is -0.00391 e. The Hall–Kier alpha value is -0.780. The van der Waals surface area contributed by atoms with Gasteiger partial charge in [-0.25, -0.2) is 0 Å². The van der Waals surface area contributed by atoms with Gasteiger partial charge in [0, 0.05) is 0 Å². The van der Waals surface area contributed by atoms with E-state index >= 15 is 0 Å². The van der Waals surface area contributed by atoms with Crippen LogP contribution in [0.2, 0.25) is 0 Å². The molecule has 0 aliphatic heterocycles. The first-order valence-corrected chi connectivity index (χ1v) is 7.31. The molecule has 0 saturated heterocycles. The highest BCUT2D eigenvalue weighted by Gasteiger charge is 2.51. The fraction of sp³-hybridized carbons (Fsp3) is 0.647. The van der Waals surface area contributed by atoms with E-state index in [4.69, 9.17) is 0 Å². The lowest BCUT2D eigenvalue weighted by Crippen LogP contribution is -2.48. The van der Waals surface area contributed by atoms with Gasteiger partial charge in [-0.2, -0.15) is 0 Å². The zero-order chi connectivity index (χ0) is 11.5. The van der Waals surface area contributed by atoms with E-state index in [0.717, 1.165) is 17.8 Å². The molecule has 1 aromatic rings. The minimum atomic E-state index is 0.586. The highest BCUT2D eigenvalue weighted by molar-refractivity contribution is 5.31. The summed E-state index contributed by atoms with van der Waals surface area (Å²) in [6.45, 7) is 2.20. The van der Waals surface area contributed by atoms with E-state index in [0.29, 0.717) is 5.41 Å². The zero-order valence-corrected chi connectivity index (χ0v) is 10.8. The third kappa shape index (κ3) is 1.49. The molecule has 90 valence electrons. The van der Waals surface area contributed by atoms with Crippen LogP contribution in [-0.4, -0.2) is 0 Å². The molecule has 5 rings (SSSR count). The van der Waals surface area contributed by atoms with Crippen LogP contribution in [-0.2, 0) is 5.41 Å². The number of aryl methyl sites for hydroxylation is 1. The lowest BCUT2D eigenvalue weighted by Gasteiger charge is -2.57. The molecule has 17 heavy (non-hydrogen) atoms. The van der Waals surface area contributed by atoms with Crippen LogP contribution in [0.1, 0.15) is 49.7 Å². The molecule has 4 aliphatic carbocycles. The van der Waals surface area contributed by atoms with Gasteiger partial charge in [0.1, 0.15) is 0 Å². The lowest BCUT2D eigenvalue weighted by atomic mass is 9.48. The van der Waals surface area contributed by atoms with Crippen LogP contribution in [0.5, 0.6) is 0 Å². The smallest absolute Gasteiger partial charge is 0.00391 e. The van der Waals surface area contributed by atoms with E-state index in [9.17, 15) is 0 Å². The summed E-state index contributed by atoms with van der Waals surface area (Å²) < 4.78 is 0. The Labute approximate surface area is 104 Å². The Morgan fingerprint density at radius 2 is 1.29 bits per heavy atom. The highest BCUT2D eigenvalue weighted by Crippen LogP contribution is 2.60. The van der Waals surface area contributed by atoms with Gasteiger partial charge in [-0.1, -0.05) is 29.8 Å². The Bertz CT molecular complexity index is 391. The molecule has 0 spiro atoms. The zero-order valence-electron chi connectivity index (χ0n) is 10.8. The Morgan fingerprint density at radius 3 is 1.76 bits per heavy atom. The molecular formula is C17H22. The van der Waals surface area contributed by atoms with Crippen LogP contribution < -0.4 is 0 Å². The fourth-order valence-corrected chi connectivity index (χ4v) is 5.37. The van der Waals surface area contributed by atoms with Gasteiger partial charge in [-0.05, 0) is 74.2 Å². The predicted octanol–water partition coefficient (Wildman–Crippen LogP) is 4.46. The van der Waals surface area contributed by atoms with Crippen molar-refractivity contribution in [1.29, 1.82) is 0 Å². The molecule has 0 unspecified atom stereocenters. The van der Waals surface area contributed by atoms with Gasteiger partial charge in [0.2, 0.25) is 0 Å². The minimum Gasteiger partial charge on any atom is -0.0590 e. The van der Waals surface area contributed by atoms with Gasteiger partial charge in [-0.15, -0.1) is 0 Å². The lowest BCUT2D eigenvalue weighted by molar-refractivity contribution is -0.00519. The molecule has 0 radical (unpaired) electrons. The van der Waals surface area contributed by atoms with Gasteiger partial charge in [0.15, 0.2) is 0 Å². The third-order valence-electron chi connectivity index (χ3n) is 5.70. The minimum absolute atomic E-state index is 0.586. The second-order valence-electron chi connectivity index (χ2n) is 7.06. The summed E-state index contributed by atoms with van der Waals surface area (Å²) in [5.41, 5.74) is 3.64. The highest BCUT2D eigenvalue weighted by atomic mass is 14.6. The maximum absolute atomic E-state index is 2.42. The third-order valence-corrected chi connectivity index (χ3v) is 5.70. The van der Waals surface area contributed by atoms with E-state index in [1.165, 1.54) is 24.8 Å². The summed E-state index contributed by atoms with van der Waals surface area (Å²) in [4.78, 5) is 0. The first-order chi connectivity index (χ1) is 8.23. The summed E-state index contributed by atoms with van der Waals surface area (Å²) in [5.74, 6) is 3.17. The number of hydrogen-bond donors (Lipinski definition) is 0. The van der Waals surface area contributed by atoms with E-state index in [-0.39, 0.29) is 0 Å². The van der Waals surface area contributed by atoms with Gasteiger partial charge in [0.25, 0.3) is 0 Å². The molecule has 0 nitrogen and oxygen atoms in total. The van der Waals surface area contributed by atoms with Crippen molar-refractivity contribution < 1.29 is 0 Å². The van der Waals surface area contributed by atoms with E-state index in [1.54, 1.807) is 24.8 Å². The standard InChI is InChI=1S/C17H22/c1-12-2-4-16(5-3-12)17-9-13-6-14(10-17)8-15(7-13)11-17/h2-5,13-15H,6-11H2,1H3. The summed E-state index contributed by atoms with van der Waals surface area (Å²) in [6, 6.07) is 9.47. The van der Waals surface area contributed by atoms with Crippen LogP contribution in [0.3, 0.4) is 0 Å². The Balaban J connectivity index is 1.74. The SMILES string of the molecule is Cc1ccc(C23CC4CC(CC(C4)C2)C3)cc1. The van der Waals surface area contributed by atoms with Gasteiger partial charge in [0.05, 0.1) is 0 Å². The molecule has 0 aromatic heterocycles. The topological polar surface area (TPSA) is 0 Å². The molecular weight excluding hydrogens is 204 g/mol. The van der Waals surface area contributed by atoms with Gasteiger partial charge in [-0.3, -0.25) is 0 Å². The van der Waals surface area contributed by atoms with Crippen molar-refractivity contribution in [3.63, 3.8) is 0 Å². The second-order valence-corrected chi connectivity index (χ2v) is 7.06. The van der Waals surface area contributed by atoms with Crippen molar-refractivity contribution >= 4 is 0 Å². The molecule has 0 atom stereocenters. The van der Waals surface area contributed by atoms with Gasteiger partial charge >= 0.3 is 0 Å². The van der Waals surface area contributed by atoms with Crippen molar-refractivity contribution in [3.05, 3.63) is 35.4 Å². The summed E-state index contributed by atoms with van der Waals surface area (Å²) in [7, 11) is 0. The molecule has 0 amide bonds. The second kappa shape index (κ2) is 3.37. The fourth-order valence-electron chi connectivity index (χ4n) is 5.37. The normalized spacial score (nSPS) is 43.0. The van der Waals surface area contributed by atoms with Crippen LogP contribution in [0.15, 0.2) is 24.3 Å². The van der Waals surface area contributed by atoms with Gasteiger partial charge < -0.3 is 0 Å². The molecule has 4 bridgehead atoms. The Kier molecular flexibility index (Phi) is 2.02. The van der Waals surface area contributed by atoms with Crippen molar-refractivity contribution in [2.24, 2.45) is 17.8 Å². The maximum atomic E-state index is 2.42.